The molecule has 0 bridgehead atoms. The Balaban J connectivity index is 1.25. The highest BCUT2D eigenvalue weighted by Gasteiger charge is 2.30. The van der Waals surface area contributed by atoms with Gasteiger partial charge in [0.05, 0.1) is 18.4 Å². The largest absolute Gasteiger partial charge is 0.497 e. The van der Waals surface area contributed by atoms with Gasteiger partial charge in [0.15, 0.2) is 5.82 Å². The SMILES string of the molecule is COc1ccc(Cn2cccc2CN2CCc3nc(-c4ccc(C(F)(F)F)cc4)ncc3C2)cc1. The van der Waals surface area contributed by atoms with Gasteiger partial charge in [0, 0.05) is 61.8 Å². The van der Waals surface area contributed by atoms with Gasteiger partial charge >= 0.3 is 6.18 Å². The summed E-state index contributed by atoms with van der Waals surface area (Å²) < 4.78 is 46.0. The molecule has 1 aliphatic rings. The molecule has 2 aromatic carbocycles. The zero-order valence-corrected chi connectivity index (χ0v) is 19.3. The monoisotopic (exact) mass is 478 g/mol. The molecule has 0 N–H and O–H groups in total. The maximum Gasteiger partial charge on any atom is 0.416 e. The van der Waals surface area contributed by atoms with Gasteiger partial charge in [-0.2, -0.15) is 13.2 Å². The van der Waals surface area contributed by atoms with E-state index in [0.717, 1.165) is 61.7 Å². The minimum Gasteiger partial charge on any atom is -0.497 e. The van der Waals surface area contributed by atoms with E-state index in [1.165, 1.54) is 23.4 Å². The number of fused-ring (bicyclic) bond motifs is 1. The average Bonchev–Trinajstić information content (AvgIpc) is 3.30. The molecule has 180 valence electrons. The molecular formula is C27H25F3N4O. The molecule has 1 aliphatic heterocycles. The molecule has 0 fully saturated rings. The van der Waals surface area contributed by atoms with Crippen LogP contribution >= 0.6 is 0 Å². The van der Waals surface area contributed by atoms with Crippen LogP contribution in [0.15, 0.2) is 73.1 Å². The first-order valence-electron chi connectivity index (χ1n) is 11.4. The molecule has 0 atom stereocenters. The van der Waals surface area contributed by atoms with Crippen molar-refractivity contribution in [1.82, 2.24) is 19.4 Å². The summed E-state index contributed by atoms with van der Waals surface area (Å²) in [7, 11) is 1.66. The van der Waals surface area contributed by atoms with Gasteiger partial charge in [-0.05, 0) is 42.0 Å². The Morgan fingerprint density at radius 2 is 1.74 bits per heavy atom. The predicted octanol–water partition coefficient (Wildman–Crippen LogP) is 5.58. The molecule has 0 unspecified atom stereocenters. The van der Waals surface area contributed by atoms with Crippen LogP contribution in [0.3, 0.4) is 0 Å². The highest BCUT2D eigenvalue weighted by Crippen LogP contribution is 2.30. The fourth-order valence-corrected chi connectivity index (χ4v) is 4.36. The smallest absolute Gasteiger partial charge is 0.416 e. The number of methoxy groups -OCH3 is 1. The van der Waals surface area contributed by atoms with Crippen LogP contribution in [-0.2, 0) is 32.2 Å². The van der Waals surface area contributed by atoms with Gasteiger partial charge in [0.2, 0.25) is 0 Å². The third-order valence-electron chi connectivity index (χ3n) is 6.30. The van der Waals surface area contributed by atoms with E-state index >= 15 is 0 Å². The van der Waals surface area contributed by atoms with E-state index in [-0.39, 0.29) is 0 Å². The number of hydrogen-bond donors (Lipinski definition) is 0. The van der Waals surface area contributed by atoms with Gasteiger partial charge in [0.1, 0.15) is 5.75 Å². The molecule has 0 saturated carbocycles. The number of benzene rings is 2. The lowest BCUT2D eigenvalue weighted by Gasteiger charge is -2.28. The molecule has 5 nitrogen and oxygen atoms in total. The summed E-state index contributed by atoms with van der Waals surface area (Å²) in [6.07, 6.45) is 0.312. The van der Waals surface area contributed by atoms with Crippen LogP contribution in [0.4, 0.5) is 13.2 Å². The van der Waals surface area contributed by atoms with Crippen LogP contribution in [0.5, 0.6) is 5.75 Å². The quantitative estimate of drug-likeness (QED) is 0.363. The van der Waals surface area contributed by atoms with Gasteiger partial charge in [-0.25, -0.2) is 9.97 Å². The van der Waals surface area contributed by atoms with E-state index in [1.807, 2.05) is 12.1 Å². The van der Waals surface area contributed by atoms with Crippen LogP contribution in [-0.4, -0.2) is 33.1 Å². The first-order chi connectivity index (χ1) is 16.9. The first kappa shape index (κ1) is 23.1. The zero-order valence-electron chi connectivity index (χ0n) is 19.3. The zero-order chi connectivity index (χ0) is 24.4. The Morgan fingerprint density at radius 1 is 0.971 bits per heavy atom. The molecule has 4 aromatic rings. The third kappa shape index (κ3) is 5.22. The van der Waals surface area contributed by atoms with Crippen LogP contribution in [0, 0.1) is 0 Å². The Labute approximate surface area is 201 Å². The number of aromatic nitrogens is 3. The maximum atomic E-state index is 12.8. The van der Waals surface area contributed by atoms with Crippen LogP contribution in [0.25, 0.3) is 11.4 Å². The summed E-state index contributed by atoms with van der Waals surface area (Å²) >= 11 is 0. The van der Waals surface area contributed by atoms with Crippen molar-refractivity contribution in [2.45, 2.75) is 32.2 Å². The Bertz CT molecular complexity index is 1300. The fourth-order valence-electron chi connectivity index (χ4n) is 4.36. The lowest BCUT2D eigenvalue weighted by Crippen LogP contribution is -2.31. The molecule has 0 saturated heterocycles. The molecule has 0 aliphatic carbocycles. The number of alkyl halides is 3. The second-order valence-electron chi connectivity index (χ2n) is 8.68. The van der Waals surface area contributed by atoms with Crippen molar-refractivity contribution in [3.8, 4) is 17.1 Å². The molecule has 0 spiro atoms. The van der Waals surface area contributed by atoms with E-state index < -0.39 is 11.7 Å². The van der Waals surface area contributed by atoms with E-state index in [1.54, 1.807) is 13.3 Å². The topological polar surface area (TPSA) is 43.2 Å². The lowest BCUT2D eigenvalue weighted by molar-refractivity contribution is -0.137. The summed E-state index contributed by atoms with van der Waals surface area (Å²) in [5.41, 5.74) is 4.36. The van der Waals surface area contributed by atoms with Crippen LogP contribution in [0.1, 0.15) is 28.1 Å². The third-order valence-corrected chi connectivity index (χ3v) is 6.30. The first-order valence-corrected chi connectivity index (χ1v) is 11.4. The number of ether oxygens (including phenoxy) is 1. The summed E-state index contributed by atoms with van der Waals surface area (Å²) in [6.45, 7) is 3.18. The number of hydrogen-bond acceptors (Lipinski definition) is 4. The summed E-state index contributed by atoms with van der Waals surface area (Å²) in [6, 6.07) is 17.3. The van der Waals surface area contributed by atoms with E-state index in [2.05, 4.69) is 49.9 Å². The van der Waals surface area contributed by atoms with E-state index in [0.29, 0.717) is 11.4 Å². The second kappa shape index (κ2) is 9.54. The average molecular weight is 479 g/mol. The fraction of sp³-hybridized carbons (Fsp3) is 0.259. The number of nitrogens with zero attached hydrogens (tertiary/aromatic N) is 4. The van der Waals surface area contributed by atoms with Crippen molar-refractivity contribution < 1.29 is 17.9 Å². The molecule has 35 heavy (non-hydrogen) atoms. The standard InChI is InChI=1S/C27H25F3N4O/c1-35-24-10-4-19(5-11-24)16-34-13-2-3-23(34)18-33-14-12-25-21(17-33)15-31-26(32-25)20-6-8-22(9-7-20)27(28,29)30/h2-11,13,15H,12,14,16-18H2,1H3. The molecule has 5 rings (SSSR count). The van der Waals surface area contributed by atoms with Crippen LogP contribution < -0.4 is 4.74 Å². The maximum absolute atomic E-state index is 12.8. The van der Waals surface area contributed by atoms with Gasteiger partial charge in [-0.1, -0.05) is 24.3 Å². The van der Waals surface area contributed by atoms with Gasteiger partial charge < -0.3 is 9.30 Å². The number of halogens is 3. The van der Waals surface area contributed by atoms with E-state index in [9.17, 15) is 13.2 Å². The highest BCUT2D eigenvalue weighted by molar-refractivity contribution is 5.56. The van der Waals surface area contributed by atoms with E-state index in [4.69, 9.17) is 4.74 Å². The molecule has 2 aromatic heterocycles. The second-order valence-corrected chi connectivity index (χ2v) is 8.68. The normalized spacial score (nSPS) is 14.1. The Morgan fingerprint density at radius 3 is 2.46 bits per heavy atom. The highest BCUT2D eigenvalue weighted by atomic mass is 19.4. The Hall–Kier alpha value is -3.65. The van der Waals surface area contributed by atoms with Gasteiger partial charge in [0.25, 0.3) is 0 Å². The summed E-state index contributed by atoms with van der Waals surface area (Å²) in [4.78, 5) is 11.5. The molecule has 3 heterocycles. The van der Waals surface area contributed by atoms with Crippen molar-refractivity contribution in [2.24, 2.45) is 0 Å². The Kier molecular flexibility index (Phi) is 6.30. The lowest BCUT2D eigenvalue weighted by atomic mass is 10.1. The van der Waals surface area contributed by atoms with Crippen molar-refractivity contribution in [3.63, 3.8) is 0 Å². The minimum absolute atomic E-state index is 0.458. The van der Waals surface area contributed by atoms with Crippen molar-refractivity contribution >= 4 is 0 Å². The van der Waals surface area contributed by atoms with Gasteiger partial charge in [-0.15, -0.1) is 0 Å². The summed E-state index contributed by atoms with van der Waals surface area (Å²) in [5, 5.41) is 0. The summed E-state index contributed by atoms with van der Waals surface area (Å²) in [5.74, 6) is 1.30. The van der Waals surface area contributed by atoms with Crippen molar-refractivity contribution in [3.05, 3.63) is 101 Å². The van der Waals surface area contributed by atoms with Crippen LogP contribution in [0.2, 0.25) is 0 Å². The minimum atomic E-state index is -4.35. The van der Waals surface area contributed by atoms with Crippen molar-refractivity contribution in [2.75, 3.05) is 13.7 Å². The molecule has 0 amide bonds. The number of rotatable bonds is 6. The molecule has 8 heteroatoms. The van der Waals surface area contributed by atoms with Gasteiger partial charge in [-0.3, -0.25) is 4.90 Å². The van der Waals surface area contributed by atoms with Crippen molar-refractivity contribution in [1.29, 1.82) is 0 Å². The molecular weight excluding hydrogens is 453 g/mol. The predicted molar refractivity (Wildman–Crippen MR) is 127 cm³/mol. The molecule has 0 radical (unpaired) electrons.